The average molecular weight is 335 g/mol. The number of nitrogens with zero attached hydrogens (tertiary/aromatic N) is 1. The van der Waals surface area contributed by atoms with Crippen LogP contribution in [0.2, 0.25) is 0 Å². The Morgan fingerprint density at radius 2 is 1.77 bits per heavy atom. The molecule has 1 heterocycles. The minimum atomic E-state index is -4.36. The van der Waals surface area contributed by atoms with Gasteiger partial charge in [0, 0.05) is 25.2 Å². The van der Waals surface area contributed by atoms with Crippen molar-refractivity contribution in [3.8, 4) is 5.75 Å². The highest BCUT2D eigenvalue weighted by atomic mass is 32.2. The van der Waals surface area contributed by atoms with Crippen LogP contribution in [0.3, 0.4) is 0 Å². The molecule has 22 heavy (non-hydrogen) atoms. The summed E-state index contributed by atoms with van der Waals surface area (Å²) < 4.78 is 58.2. The molecule has 1 saturated heterocycles. The van der Waals surface area contributed by atoms with Gasteiger partial charge in [-0.2, -0.15) is 4.31 Å². The zero-order valence-corrected chi connectivity index (χ0v) is 12.6. The summed E-state index contributed by atoms with van der Waals surface area (Å²) in [5.41, 5.74) is 0. The molecule has 0 radical (unpaired) electrons. The van der Waals surface area contributed by atoms with Gasteiger partial charge in [0.1, 0.15) is 17.4 Å². The molecular formula is C13H15F2NO5S. The summed E-state index contributed by atoms with van der Waals surface area (Å²) in [5, 5.41) is 8.89. The lowest BCUT2D eigenvalue weighted by Crippen LogP contribution is -2.40. The summed E-state index contributed by atoms with van der Waals surface area (Å²) >= 11 is 0. The molecule has 0 saturated carbocycles. The van der Waals surface area contributed by atoms with Crippen LogP contribution in [-0.4, -0.2) is 44.0 Å². The zero-order valence-electron chi connectivity index (χ0n) is 11.8. The first-order chi connectivity index (χ1) is 10.3. The van der Waals surface area contributed by atoms with Gasteiger partial charge >= 0.3 is 5.97 Å². The van der Waals surface area contributed by atoms with Crippen LogP contribution in [0.1, 0.15) is 12.8 Å². The second-order valence-electron chi connectivity index (χ2n) is 4.94. The molecule has 0 bridgehead atoms. The standard InChI is InChI=1S/C13H15F2NO5S/c1-21-9-6-10(14)12(11(15)7-9)22(19,20)16-4-2-8(3-5-16)13(17)18/h6-8H,2-5H2,1H3,(H,17,18). The molecule has 1 aliphatic heterocycles. The Hall–Kier alpha value is -1.74. The van der Waals surface area contributed by atoms with Crippen molar-refractivity contribution >= 4 is 16.0 Å². The summed E-state index contributed by atoms with van der Waals surface area (Å²) in [6.07, 6.45) is 0.210. The normalized spacial score (nSPS) is 17.4. The van der Waals surface area contributed by atoms with E-state index < -0.39 is 38.4 Å². The Balaban J connectivity index is 2.31. The number of piperidine rings is 1. The second-order valence-corrected chi connectivity index (χ2v) is 6.81. The lowest BCUT2D eigenvalue weighted by atomic mass is 9.99. The molecule has 1 N–H and O–H groups in total. The van der Waals surface area contributed by atoms with Crippen molar-refractivity contribution in [2.45, 2.75) is 17.7 Å². The molecule has 0 amide bonds. The lowest BCUT2D eigenvalue weighted by molar-refractivity contribution is -0.142. The predicted molar refractivity (Wildman–Crippen MR) is 72.0 cm³/mol. The smallest absolute Gasteiger partial charge is 0.306 e. The molecule has 122 valence electrons. The van der Waals surface area contributed by atoms with E-state index in [2.05, 4.69) is 4.74 Å². The van der Waals surface area contributed by atoms with Gasteiger partial charge in [-0.3, -0.25) is 4.79 Å². The van der Waals surface area contributed by atoms with Crippen LogP contribution >= 0.6 is 0 Å². The van der Waals surface area contributed by atoms with Gasteiger partial charge in [0.05, 0.1) is 13.0 Å². The van der Waals surface area contributed by atoms with E-state index in [4.69, 9.17) is 5.11 Å². The first-order valence-corrected chi connectivity index (χ1v) is 7.97. The van der Waals surface area contributed by atoms with Gasteiger partial charge in [-0.1, -0.05) is 0 Å². The van der Waals surface area contributed by atoms with E-state index in [1.165, 1.54) is 7.11 Å². The summed E-state index contributed by atoms with van der Waals surface area (Å²) in [6.45, 7) is -0.186. The molecule has 0 atom stereocenters. The number of carboxylic acid groups (broad SMARTS) is 1. The number of hydrogen-bond donors (Lipinski definition) is 1. The van der Waals surface area contributed by atoms with Crippen LogP contribution in [0, 0.1) is 17.6 Å². The molecule has 2 rings (SSSR count). The number of ether oxygens (including phenoxy) is 1. The fourth-order valence-electron chi connectivity index (χ4n) is 2.37. The Labute approximate surface area is 126 Å². The Kier molecular flexibility index (Phi) is 4.66. The molecule has 1 aromatic carbocycles. The van der Waals surface area contributed by atoms with Crippen molar-refractivity contribution in [3.05, 3.63) is 23.8 Å². The van der Waals surface area contributed by atoms with Gasteiger partial charge in [-0.05, 0) is 12.8 Å². The van der Waals surface area contributed by atoms with Gasteiger partial charge < -0.3 is 9.84 Å². The van der Waals surface area contributed by atoms with Crippen molar-refractivity contribution in [2.24, 2.45) is 5.92 Å². The third kappa shape index (κ3) is 3.05. The number of methoxy groups -OCH3 is 1. The molecule has 9 heteroatoms. The van der Waals surface area contributed by atoms with E-state index in [0.717, 1.165) is 16.4 Å². The molecule has 0 aromatic heterocycles. The third-order valence-electron chi connectivity index (χ3n) is 3.61. The molecule has 0 aliphatic carbocycles. The van der Waals surface area contributed by atoms with E-state index in [0.29, 0.717) is 0 Å². The van der Waals surface area contributed by atoms with E-state index in [9.17, 15) is 22.0 Å². The Morgan fingerprint density at radius 3 is 2.18 bits per heavy atom. The van der Waals surface area contributed by atoms with E-state index in [1.54, 1.807) is 0 Å². The highest BCUT2D eigenvalue weighted by Gasteiger charge is 2.35. The van der Waals surface area contributed by atoms with Gasteiger partial charge in [-0.15, -0.1) is 0 Å². The molecule has 1 aromatic rings. The van der Waals surface area contributed by atoms with E-state index >= 15 is 0 Å². The zero-order chi connectivity index (χ0) is 16.5. The summed E-state index contributed by atoms with van der Waals surface area (Å²) in [5.74, 6) is -4.25. The van der Waals surface area contributed by atoms with Crippen LogP contribution < -0.4 is 4.74 Å². The van der Waals surface area contributed by atoms with Crippen LogP contribution in [0.15, 0.2) is 17.0 Å². The van der Waals surface area contributed by atoms with Crippen molar-refractivity contribution in [1.29, 1.82) is 0 Å². The first-order valence-electron chi connectivity index (χ1n) is 6.53. The van der Waals surface area contributed by atoms with Crippen LogP contribution in [0.4, 0.5) is 8.78 Å². The Bertz CT molecular complexity index is 661. The monoisotopic (exact) mass is 335 g/mol. The summed E-state index contributed by atoms with van der Waals surface area (Å²) in [4.78, 5) is 9.82. The van der Waals surface area contributed by atoms with Gasteiger partial charge in [-0.25, -0.2) is 17.2 Å². The molecular weight excluding hydrogens is 320 g/mol. The number of carboxylic acids is 1. The third-order valence-corrected chi connectivity index (χ3v) is 5.56. The van der Waals surface area contributed by atoms with E-state index in [1.807, 2.05) is 0 Å². The van der Waals surface area contributed by atoms with Crippen LogP contribution in [0.25, 0.3) is 0 Å². The number of rotatable bonds is 4. The lowest BCUT2D eigenvalue weighted by Gasteiger charge is -2.29. The molecule has 0 unspecified atom stereocenters. The number of sulfonamides is 1. The topological polar surface area (TPSA) is 83.9 Å². The Morgan fingerprint density at radius 1 is 1.27 bits per heavy atom. The number of carbonyl (C=O) groups is 1. The summed E-state index contributed by atoms with van der Waals surface area (Å²) in [6, 6.07) is 1.58. The average Bonchev–Trinajstić information content (AvgIpc) is 2.46. The molecule has 1 aliphatic rings. The number of benzene rings is 1. The number of halogens is 2. The van der Waals surface area contributed by atoms with Crippen LogP contribution in [-0.2, 0) is 14.8 Å². The highest BCUT2D eigenvalue weighted by molar-refractivity contribution is 7.89. The van der Waals surface area contributed by atoms with Crippen molar-refractivity contribution < 1.29 is 31.8 Å². The van der Waals surface area contributed by atoms with Gasteiger partial charge in [0.2, 0.25) is 10.0 Å². The van der Waals surface area contributed by atoms with Crippen LogP contribution in [0.5, 0.6) is 5.75 Å². The second kappa shape index (κ2) is 6.17. The number of aliphatic carboxylic acids is 1. The molecule has 0 spiro atoms. The number of hydrogen-bond acceptors (Lipinski definition) is 4. The fraction of sp³-hybridized carbons (Fsp3) is 0.462. The minimum Gasteiger partial charge on any atom is -0.497 e. The van der Waals surface area contributed by atoms with Crippen molar-refractivity contribution in [1.82, 2.24) is 4.31 Å². The quantitative estimate of drug-likeness (QED) is 0.900. The fourth-order valence-corrected chi connectivity index (χ4v) is 3.93. The largest absolute Gasteiger partial charge is 0.497 e. The molecule has 6 nitrogen and oxygen atoms in total. The maximum atomic E-state index is 13.9. The highest BCUT2D eigenvalue weighted by Crippen LogP contribution is 2.29. The van der Waals surface area contributed by atoms with Crippen molar-refractivity contribution in [3.63, 3.8) is 0 Å². The first kappa shape index (κ1) is 16.6. The summed E-state index contributed by atoms with van der Waals surface area (Å²) in [7, 11) is -3.16. The van der Waals surface area contributed by atoms with Gasteiger partial charge in [0.25, 0.3) is 0 Å². The maximum Gasteiger partial charge on any atom is 0.306 e. The minimum absolute atomic E-state index is 0.0930. The SMILES string of the molecule is COc1cc(F)c(S(=O)(=O)N2CCC(C(=O)O)CC2)c(F)c1. The van der Waals surface area contributed by atoms with E-state index in [-0.39, 0.29) is 31.7 Å². The predicted octanol–water partition coefficient (Wildman–Crippen LogP) is 1.46. The maximum absolute atomic E-state index is 13.9. The van der Waals surface area contributed by atoms with Gasteiger partial charge in [0.15, 0.2) is 4.90 Å². The molecule has 1 fully saturated rings. The van der Waals surface area contributed by atoms with Crippen molar-refractivity contribution in [2.75, 3.05) is 20.2 Å².